The van der Waals surface area contributed by atoms with Crippen LogP contribution in [0, 0.1) is 0 Å². The monoisotopic (exact) mass is 439 g/mol. The Labute approximate surface area is 193 Å². The van der Waals surface area contributed by atoms with Crippen molar-refractivity contribution < 1.29 is 0 Å². The van der Waals surface area contributed by atoms with Crippen LogP contribution in [0.25, 0.3) is 28.0 Å². The zero-order chi connectivity index (χ0) is 22.2. The summed E-state index contributed by atoms with van der Waals surface area (Å²) in [5.41, 5.74) is 11.7. The van der Waals surface area contributed by atoms with E-state index < -0.39 is 0 Å². The van der Waals surface area contributed by atoms with Crippen molar-refractivity contribution in [2.75, 3.05) is 29.0 Å². The summed E-state index contributed by atoms with van der Waals surface area (Å²) in [5, 5.41) is 8.65. The van der Waals surface area contributed by atoms with E-state index in [9.17, 15) is 0 Å². The van der Waals surface area contributed by atoms with E-state index in [-0.39, 0.29) is 0 Å². The predicted molar refractivity (Wildman–Crippen MR) is 133 cm³/mol. The molecule has 4 heterocycles. The van der Waals surface area contributed by atoms with Crippen LogP contribution >= 0.6 is 0 Å². The minimum absolute atomic E-state index is 0.458. The van der Waals surface area contributed by atoms with Crippen LogP contribution in [0.15, 0.2) is 54.7 Å². The zero-order valence-corrected chi connectivity index (χ0v) is 18.7. The van der Waals surface area contributed by atoms with Gasteiger partial charge in [-0.2, -0.15) is 5.10 Å². The number of fused-ring (bicyclic) bond motifs is 1. The summed E-state index contributed by atoms with van der Waals surface area (Å²) in [7, 11) is 0. The highest BCUT2D eigenvalue weighted by Gasteiger charge is 2.23. The van der Waals surface area contributed by atoms with Crippen LogP contribution in [0.2, 0.25) is 0 Å². The first-order valence-electron chi connectivity index (χ1n) is 12.0. The number of nitrogen functional groups attached to an aromatic ring is 1. The molecule has 7 nitrogen and oxygen atoms in total. The largest absolute Gasteiger partial charge is 0.399 e. The maximum absolute atomic E-state index is 6.15. The Hall–Kier alpha value is -3.61. The topological polar surface area (TPSA) is 84.4 Å². The highest BCUT2D eigenvalue weighted by Crippen LogP contribution is 2.37. The molecule has 0 radical (unpaired) electrons. The lowest BCUT2D eigenvalue weighted by molar-refractivity contribution is 0.744. The molecule has 0 amide bonds. The minimum Gasteiger partial charge on any atom is -0.399 e. The second-order valence-corrected chi connectivity index (χ2v) is 9.12. The molecular weight excluding hydrogens is 410 g/mol. The van der Waals surface area contributed by atoms with Gasteiger partial charge in [0.1, 0.15) is 11.5 Å². The van der Waals surface area contributed by atoms with Gasteiger partial charge >= 0.3 is 0 Å². The number of nitrogens with one attached hydrogen (secondary N) is 1. The van der Waals surface area contributed by atoms with Crippen molar-refractivity contribution in [1.82, 2.24) is 19.6 Å². The van der Waals surface area contributed by atoms with Gasteiger partial charge in [0.2, 0.25) is 5.95 Å². The lowest BCUT2D eigenvalue weighted by Crippen LogP contribution is -2.20. The van der Waals surface area contributed by atoms with Crippen LogP contribution in [-0.2, 0) is 0 Å². The molecule has 33 heavy (non-hydrogen) atoms. The zero-order valence-electron chi connectivity index (χ0n) is 18.7. The second kappa shape index (κ2) is 8.39. The molecule has 1 aliphatic heterocycles. The second-order valence-electron chi connectivity index (χ2n) is 9.12. The van der Waals surface area contributed by atoms with E-state index in [0.717, 1.165) is 52.6 Å². The average Bonchev–Trinajstić information content (AvgIpc) is 3.60. The molecule has 7 heteroatoms. The number of rotatable bonds is 5. The molecule has 168 valence electrons. The highest BCUT2D eigenvalue weighted by molar-refractivity contribution is 5.92. The Kier molecular flexibility index (Phi) is 5.09. The summed E-state index contributed by atoms with van der Waals surface area (Å²) in [6.45, 7) is 2.12. The molecule has 0 unspecified atom stereocenters. The van der Waals surface area contributed by atoms with Crippen LogP contribution in [-0.4, -0.2) is 38.7 Å². The molecule has 2 fully saturated rings. The van der Waals surface area contributed by atoms with Crippen LogP contribution in [0.1, 0.15) is 38.5 Å². The van der Waals surface area contributed by atoms with Gasteiger partial charge in [-0.15, -0.1) is 0 Å². The number of hydrogen-bond donors (Lipinski definition) is 2. The van der Waals surface area contributed by atoms with Gasteiger partial charge in [-0.1, -0.05) is 31.0 Å². The maximum atomic E-state index is 6.15. The summed E-state index contributed by atoms with van der Waals surface area (Å²) < 4.78 is 2.07. The minimum atomic E-state index is 0.458. The Morgan fingerprint density at radius 3 is 2.58 bits per heavy atom. The molecule has 1 aliphatic carbocycles. The number of anilines is 3. The van der Waals surface area contributed by atoms with Crippen molar-refractivity contribution in [2.45, 2.75) is 44.6 Å². The molecule has 3 N–H and O–H groups in total. The fourth-order valence-electron chi connectivity index (χ4n) is 5.20. The SMILES string of the molecule is Nc1cccc(-c2nn3c(N4CCCC4)cccc3c2-c2ccnc(NC3CCCC3)n2)c1. The first kappa shape index (κ1) is 20.0. The predicted octanol–water partition coefficient (Wildman–Crippen LogP) is 5.00. The summed E-state index contributed by atoms with van der Waals surface area (Å²) in [5.74, 6) is 1.81. The number of hydrogen-bond acceptors (Lipinski definition) is 6. The number of benzene rings is 1. The molecule has 1 saturated carbocycles. The molecule has 1 saturated heterocycles. The van der Waals surface area contributed by atoms with Gasteiger partial charge in [0.25, 0.3) is 0 Å². The fraction of sp³-hybridized carbons (Fsp3) is 0.346. The Morgan fingerprint density at radius 2 is 1.76 bits per heavy atom. The summed E-state index contributed by atoms with van der Waals surface area (Å²) in [4.78, 5) is 11.9. The van der Waals surface area contributed by atoms with Crippen LogP contribution in [0.3, 0.4) is 0 Å². The number of nitrogens with zero attached hydrogens (tertiary/aromatic N) is 5. The van der Waals surface area contributed by atoms with Gasteiger partial charge in [0, 0.05) is 36.6 Å². The maximum Gasteiger partial charge on any atom is 0.223 e. The summed E-state index contributed by atoms with van der Waals surface area (Å²) in [6.07, 6.45) is 9.17. The Balaban J connectivity index is 1.52. The Morgan fingerprint density at radius 1 is 0.939 bits per heavy atom. The molecule has 3 aromatic heterocycles. The Bertz CT molecular complexity index is 1280. The normalized spacial score (nSPS) is 16.7. The van der Waals surface area contributed by atoms with Gasteiger partial charge < -0.3 is 16.0 Å². The van der Waals surface area contributed by atoms with Crippen LogP contribution < -0.4 is 16.0 Å². The van der Waals surface area contributed by atoms with Crippen LogP contribution in [0.4, 0.5) is 17.5 Å². The van der Waals surface area contributed by atoms with Crippen molar-refractivity contribution in [3.63, 3.8) is 0 Å². The molecule has 0 spiro atoms. The summed E-state index contributed by atoms with van der Waals surface area (Å²) >= 11 is 0. The van der Waals surface area contributed by atoms with Gasteiger partial charge in [-0.3, -0.25) is 0 Å². The van der Waals surface area contributed by atoms with Gasteiger partial charge in [0.15, 0.2) is 0 Å². The van der Waals surface area contributed by atoms with E-state index in [1.54, 1.807) is 0 Å². The quantitative estimate of drug-likeness (QED) is 0.426. The van der Waals surface area contributed by atoms with Crippen molar-refractivity contribution in [3.05, 3.63) is 54.7 Å². The first-order valence-corrected chi connectivity index (χ1v) is 12.0. The van der Waals surface area contributed by atoms with Gasteiger partial charge in [-0.25, -0.2) is 14.5 Å². The number of pyridine rings is 1. The average molecular weight is 440 g/mol. The third-order valence-electron chi connectivity index (χ3n) is 6.83. The number of nitrogens with two attached hydrogens (primary N) is 1. The molecule has 0 atom stereocenters. The first-order chi connectivity index (χ1) is 16.3. The van der Waals surface area contributed by atoms with Crippen molar-refractivity contribution in [1.29, 1.82) is 0 Å². The van der Waals surface area contributed by atoms with E-state index in [1.807, 2.05) is 30.5 Å². The third kappa shape index (κ3) is 3.77. The smallest absolute Gasteiger partial charge is 0.223 e. The molecule has 0 bridgehead atoms. The van der Waals surface area contributed by atoms with E-state index in [4.69, 9.17) is 15.8 Å². The number of aromatic nitrogens is 4. The third-order valence-corrected chi connectivity index (χ3v) is 6.83. The lowest BCUT2D eigenvalue weighted by atomic mass is 10.0. The molecule has 2 aliphatic rings. The van der Waals surface area contributed by atoms with E-state index in [2.05, 4.69) is 44.0 Å². The molecular formula is C26H29N7. The van der Waals surface area contributed by atoms with E-state index >= 15 is 0 Å². The molecule has 6 rings (SSSR count). The molecule has 1 aromatic carbocycles. The lowest BCUT2D eigenvalue weighted by Gasteiger charge is -2.18. The van der Waals surface area contributed by atoms with Crippen molar-refractivity contribution in [3.8, 4) is 22.5 Å². The fourth-order valence-corrected chi connectivity index (χ4v) is 5.20. The van der Waals surface area contributed by atoms with Gasteiger partial charge in [-0.05, 0) is 56.0 Å². The summed E-state index contributed by atoms with van der Waals surface area (Å²) in [6, 6.07) is 16.8. The van der Waals surface area contributed by atoms with Gasteiger partial charge in [0.05, 0.1) is 16.8 Å². The van der Waals surface area contributed by atoms with Crippen molar-refractivity contribution in [2.24, 2.45) is 0 Å². The van der Waals surface area contributed by atoms with E-state index in [0.29, 0.717) is 12.0 Å². The van der Waals surface area contributed by atoms with E-state index in [1.165, 1.54) is 38.5 Å². The highest BCUT2D eigenvalue weighted by atomic mass is 15.3. The van der Waals surface area contributed by atoms with Crippen LogP contribution in [0.5, 0.6) is 0 Å². The standard InChI is InChI=1S/C26H29N7/c27-19-8-5-7-18(17-19)25-24(21-13-14-28-26(30-21)29-20-9-1-2-10-20)22-11-6-12-23(33(22)31-25)32-15-3-4-16-32/h5-8,11-14,17,20H,1-4,9-10,15-16,27H2,(H,28,29,30). The molecule has 4 aromatic rings. The van der Waals surface area contributed by atoms with Crippen molar-refractivity contribution >= 4 is 23.0 Å².